The summed E-state index contributed by atoms with van der Waals surface area (Å²) in [7, 11) is 0. The van der Waals surface area contributed by atoms with Crippen molar-refractivity contribution < 1.29 is 13.9 Å². The summed E-state index contributed by atoms with van der Waals surface area (Å²) in [5.41, 5.74) is 9.93. The molecule has 1 unspecified atom stereocenters. The average Bonchev–Trinajstić information content (AvgIpc) is 3.67. The molecule has 7 aromatic heterocycles. The summed E-state index contributed by atoms with van der Waals surface area (Å²) >= 11 is 0. The van der Waals surface area contributed by atoms with Gasteiger partial charge in [0.15, 0.2) is 16.6 Å². The zero-order chi connectivity index (χ0) is 30.4. The molecule has 1 atom stereocenters. The molecular weight excluding hydrogens is 590 g/mol. The second-order valence-electron chi connectivity index (χ2n) is 13.9. The van der Waals surface area contributed by atoms with Crippen LogP contribution in [-0.2, 0) is 5.66 Å². The molecule has 12 aromatic rings. The molecule has 0 N–H and O–H groups in total. The van der Waals surface area contributed by atoms with E-state index in [2.05, 4.69) is 127 Å². The summed E-state index contributed by atoms with van der Waals surface area (Å²) < 4.78 is 17.3. The average molecular weight is 610 g/mol. The van der Waals surface area contributed by atoms with Gasteiger partial charge in [0.25, 0.3) is 11.3 Å². The summed E-state index contributed by atoms with van der Waals surface area (Å²) in [6, 6.07) is 36.1. The fraction of sp³-hybridized carbons (Fsp3) is 0.0238. The number of benzene rings is 5. The minimum atomic E-state index is -0.760. The van der Waals surface area contributed by atoms with Crippen LogP contribution in [0.15, 0.2) is 116 Å². The Morgan fingerprint density at radius 1 is 0.500 bits per heavy atom. The van der Waals surface area contributed by atoms with Crippen molar-refractivity contribution in [3.63, 3.8) is 0 Å². The van der Waals surface area contributed by atoms with Crippen LogP contribution in [0.5, 0.6) is 11.5 Å². The molecule has 0 saturated carbocycles. The maximum absolute atomic E-state index is 7.09. The number of aromatic nitrogens is 5. The number of nitrogens with zero attached hydrogens (tertiary/aromatic N) is 5. The van der Waals surface area contributed by atoms with E-state index in [0.29, 0.717) is 0 Å². The molecule has 0 bridgehead atoms. The molecule has 6 heteroatoms. The van der Waals surface area contributed by atoms with Gasteiger partial charge in [-0.05, 0) is 82.9 Å². The molecular formula is C42H19N5O+2. The summed E-state index contributed by atoms with van der Waals surface area (Å²) in [6.45, 7) is 0. The van der Waals surface area contributed by atoms with Crippen LogP contribution < -0.4 is 13.9 Å². The Hall–Kier alpha value is -6.53. The largest absolute Gasteiger partial charge is 0.456 e. The molecule has 6 nitrogen and oxygen atoms in total. The van der Waals surface area contributed by atoms with Crippen molar-refractivity contribution in [1.29, 1.82) is 0 Å². The van der Waals surface area contributed by atoms with Crippen molar-refractivity contribution >= 4 is 98.1 Å². The SMILES string of the molecule is c1cc2ccc3c4ccc[n+]5c4n4c6c7c(ccc6c(c1)c2c34)Oc1ccc2c3nccc4ccc6c8ccc[n+]9c8n(c2c1C759)c6c43. The number of hydrogen-bond donors (Lipinski definition) is 0. The molecule has 0 radical (unpaired) electrons. The topological polar surface area (TPSA) is 38.7 Å². The third-order valence-corrected chi connectivity index (χ3v) is 12.2. The zero-order valence-electron chi connectivity index (χ0n) is 25.1. The highest BCUT2D eigenvalue weighted by atomic mass is 16.5. The highest BCUT2D eigenvalue weighted by Crippen LogP contribution is 2.57. The first-order valence-electron chi connectivity index (χ1n) is 16.6. The summed E-state index contributed by atoms with van der Waals surface area (Å²) in [4.78, 5) is 5.09. The van der Waals surface area contributed by atoms with Crippen molar-refractivity contribution in [2.24, 2.45) is 0 Å². The van der Waals surface area contributed by atoms with Crippen molar-refractivity contribution in [1.82, 2.24) is 13.8 Å². The Labute approximate surface area is 269 Å². The monoisotopic (exact) mass is 609 g/mol. The highest BCUT2D eigenvalue weighted by Gasteiger charge is 2.63. The van der Waals surface area contributed by atoms with Gasteiger partial charge < -0.3 is 4.74 Å². The number of ether oxygens (including phenoxy) is 1. The lowest BCUT2D eigenvalue weighted by atomic mass is 9.81. The van der Waals surface area contributed by atoms with E-state index in [1.807, 2.05) is 6.20 Å². The van der Waals surface area contributed by atoms with Gasteiger partial charge in [-0.25, -0.2) is 0 Å². The molecule has 0 saturated heterocycles. The molecule has 48 heavy (non-hydrogen) atoms. The first-order chi connectivity index (χ1) is 23.8. The molecule has 15 rings (SSSR count). The van der Waals surface area contributed by atoms with Crippen LogP contribution in [0.3, 0.4) is 0 Å². The van der Waals surface area contributed by atoms with Crippen LogP contribution in [0, 0.1) is 0 Å². The van der Waals surface area contributed by atoms with Gasteiger partial charge in [0.1, 0.15) is 28.1 Å². The van der Waals surface area contributed by atoms with Crippen molar-refractivity contribution in [2.75, 3.05) is 0 Å². The van der Waals surface area contributed by atoms with Crippen molar-refractivity contribution in [2.45, 2.75) is 5.66 Å². The van der Waals surface area contributed by atoms with Gasteiger partial charge in [-0.3, -0.25) is 4.98 Å². The third kappa shape index (κ3) is 1.85. The number of hydrogen-bond acceptors (Lipinski definition) is 2. The molecule has 1 spiro atoms. The van der Waals surface area contributed by atoms with Gasteiger partial charge in [0.2, 0.25) is 0 Å². The Balaban J connectivity index is 1.34. The molecule has 10 heterocycles. The van der Waals surface area contributed by atoms with Crippen LogP contribution in [0.1, 0.15) is 11.1 Å². The van der Waals surface area contributed by atoms with Crippen LogP contribution >= 0.6 is 0 Å². The van der Waals surface area contributed by atoms with E-state index >= 15 is 0 Å². The first-order valence-corrected chi connectivity index (χ1v) is 16.6. The van der Waals surface area contributed by atoms with E-state index in [4.69, 9.17) is 9.72 Å². The second kappa shape index (κ2) is 6.50. The number of rotatable bonds is 0. The fourth-order valence-corrected chi connectivity index (χ4v) is 10.7. The first kappa shape index (κ1) is 22.1. The van der Waals surface area contributed by atoms with Gasteiger partial charge in [-0.1, -0.05) is 30.3 Å². The lowest BCUT2D eigenvalue weighted by molar-refractivity contribution is -0.953. The molecule has 216 valence electrons. The molecule has 0 aliphatic carbocycles. The van der Waals surface area contributed by atoms with Crippen LogP contribution in [0.25, 0.3) is 98.1 Å². The minimum Gasteiger partial charge on any atom is -0.456 e. The number of pyridine rings is 5. The smallest absolute Gasteiger partial charge is 0.321 e. The maximum atomic E-state index is 7.09. The van der Waals surface area contributed by atoms with E-state index in [1.54, 1.807) is 0 Å². The van der Waals surface area contributed by atoms with Gasteiger partial charge >= 0.3 is 5.66 Å². The molecule has 5 aromatic carbocycles. The Morgan fingerprint density at radius 3 is 1.81 bits per heavy atom. The van der Waals surface area contributed by atoms with E-state index in [1.165, 1.54) is 92.8 Å². The van der Waals surface area contributed by atoms with Gasteiger partial charge in [-0.2, -0.15) is 17.9 Å². The van der Waals surface area contributed by atoms with Crippen LogP contribution in [-0.4, -0.2) is 13.8 Å². The fourth-order valence-electron chi connectivity index (χ4n) is 10.7. The normalized spacial score (nSPS) is 17.4. The lowest BCUT2D eigenvalue weighted by Crippen LogP contribution is -2.77. The van der Waals surface area contributed by atoms with Crippen LogP contribution in [0.4, 0.5) is 0 Å². The minimum absolute atomic E-state index is 0.760. The summed E-state index contributed by atoms with van der Waals surface area (Å²) in [5, 5.41) is 13.7. The van der Waals surface area contributed by atoms with E-state index in [0.717, 1.165) is 28.0 Å². The zero-order valence-corrected chi connectivity index (χ0v) is 25.1. The van der Waals surface area contributed by atoms with E-state index < -0.39 is 5.66 Å². The summed E-state index contributed by atoms with van der Waals surface area (Å²) in [5.74, 6) is 1.79. The number of fused-ring (bicyclic) bond motifs is 4. The molecule has 0 amide bonds. The lowest BCUT2D eigenvalue weighted by Gasteiger charge is -2.39. The van der Waals surface area contributed by atoms with Gasteiger partial charge in [0, 0.05) is 33.1 Å². The van der Waals surface area contributed by atoms with Crippen LogP contribution in [0.2, 0.25) is 0 Å². The van der Waals surface area contributed by atoms with E-state index in [9.17, 15) is 0 Å². The molecule has 0 fully saturated rings. The summed E-state index contributed by atoms with van der Waals surface area (Å²) in [6.07, 6.45) is 6.56. The third-order valence-electron chi connectivity index (χ3n) is 12.2. The highest BCUT2D eigenvalue weighted by molar-refractivity contribution is 6.30. The Bertz CT molecular complexity index is 3370. The van der Waals surface area contributed by atoms with Gasteiger partial charge in [0.05, 0.1) is 34.1 Å². The van der Waals surface area contributed by atoms with Crippen molar-refractivity contribution in [3.05, 3.63) is 127 Å². The van der Waals surface area contributed by atoms with E-state index in [-0.39, 0.29) is 0 Å². The second-order valence-corrected chi connectivity index (χ2v) is 13.9. The van der Waals surface area contributed by atoms with Crippen molar-refractivity contribution in [3.8, 4) is 11.5 Å². The standard InChI is InChI=1S/C42H19N5O/c1-4-20-8-10-24-26-6-2-18-44-40(26)46-36(24)31(20)22(5-1)23-12-14-29-33(38(23)46)42(44)34-30(48-29)15-13-28-35-32-21(16-17-43-35)9-11-25-27-7-3-19-45(42)41(27)47(37(25)32)39(28)34/h1-19H/q+2. The predicted octanol–water partition coefficient (Wildman–Crippen LogP) is 8.29. The predicted molar refractivity (Wildman–Crippen MR) is 187 cm³/mol. The maximum Gasteiger partial charge on any atom is 0.321 e. The molecule has 3 aliphatic rings. The van der Waals surface area contributed by atoms with Gasteiger partial charge in [-0.15, -0.1) is 0 Å². The molecule has 3 aliphatic heterocycles. The quantitative estimate of drug-likeness (QED) is 0.0986. The Morgan fingerprint density at radius 2 is 1.08 bits per heavy atom. The Kier molecular flexibility index (Phi) is 2.99.